The number of halogens is 2. The second-order valence-electron chi connectivity index (χ2n) is 2.38. The lowest BCUT2D eigenvalue weighted by atomic mass is 10.2. The van der Waals surface area contributed by atoms with Gasteiger partial charge in [0.15, 0.2) is 0 Å². The van der Waals surface area contributed by atoms with Gasteiger partial charge in [0.25, 0.3) is 0 Å². The molecule has 1 aromatic rings. The van der Waals surface area contributed by atoms with Gasteiger partial charge in [-0.2, -0.15) is 0 Å². The second kappa shape index (κ2) is 3.85. The number of hydrogen-bond donors (Lipinski definition) is 2. The van der Waals surface area contributed by atoms with Gasteiger partial charge in [-0.15, -0.1) is 0 Å². The number of ether oxygens (including phenoxy) is 1. The molecule has 0 heterocycles. The molecule has 3 N–H and O–H groups in total. The quantitative estimate of drug-likeness (QED) is 0.592. The van der Waals surface area contributed by atoms with Crippen LogP contribution >= 0.6 is 23.2 Å². The monoisotopic (exact) mass is 218 g/mol. The van der Waals surface area contributed by atoms with Crippen LogP contribution in [0.4, 0.5) is 0 Å². The molecule has 70 valence electrons. The first kappa shape index (κ1) is 10.2. The zero-order chi connectivity index (χ0) is 10.0. The van der Waals surface area contributed by atoms with Crippen LogP contribution in [0.1, 0.15) is 5.56 Å². The molecule has 1 rings (SSSR count). The summed E-state index contributed by atoms with van der Waals surface area (Å²) in [4.78, 5) is 0. The van der Waals surface area contributed by atoms with Crippen molar-refractivity contribution < 1.29 is 4.74 Å². The second-order valence-corrected chi connectivity index (χ2v) is 3.19. The van der Waals surface area contributed by atoms with Gasteiger partial charge in [0.1, 0.15) is 11.6 Å². The number of nitrogens with one attached hydrogen (secondary N) is 1. The van der Waals surface area contributed by atoms with Crippen molar-refractivity contribution in [2.45, 2.75) is 0 Å². The molecule has 5 heteroatoms. The minimum atomic E-state index is -0.116. The molecule has 0 aliphatic carbocycles. The molecule has 0 unspecified atom stereocenters. The van der Waals surface area contributed by atoms with E-state index in [0.29, 0.717) is 21.4 Å². The Morgan fingerprint density at radius 1 is 1.38 bits per heavy atom. The zero-order valence-electron chi connectivity index (χ0n) is 6.90. The van der Waals surface area contributed by atoms with E-state index in [4.69, 9.17) is 39.1 Å². The third-order valence-electron chi connectivity index (χ3n) is 1.53. The molecular formula is C8H8Cl2N2O. The van der Waals surface area contributed by atoms with E-state index < -0.39 is 0 Å². The lowest BCUT2D eigenvalue weighted by Crippen LogP contribution is -2.11. The van der Waals surface area contributed by atoms with Crippen LogP contribution in [0.5, 0.6) is 5.75 Å². The summed E-state index contributed by atoms with van der Waals surface area (Å²) < 4.78 is 4.93. The summed E-state index contributed by atoms with van der Waals surface area (Å²) in [6.45, 7) is 0. The van der Waals surface area contributed by atoms with E-state index in [2.05, 4.69) is 0 Å². The highest BCUT2D eigenvalue weighted by Gasteiger charge is 2.09. The average Bonchev–Trinajstić information content (AvgIpc) is 2.07. The molecule has 0 saturated carbocycles. The minimum absolute atomic E-state index is 0.116. The third kappa shape index (κ3) is 2.05. The predicted molar refractivity (Wildman–Crippen MR) is 54.0 cm³/mol. The van der Waals surface area contributed by atoms with Crippen LogP contribution in [0.15, 0.2) is 12.1 Å². The summed E-state index contributed by atoms with van der Waals surface area (Å²) in [6.07, 6.45) is 0. The lowest BCUT2D eigenvalue weighted by molar-refractivity contribution is 0.415. The van der Waals surface area contributed by atoms with E-state index in [9.17, 15) is 0 Å². The highest BCUT2D eigenvalue weighted by atomic mass is 35.5. The van der Waals surface area contributed by atoms with E-state index in [0.717, 1.165) is 0 Å². The summed E-state index contributed by atoms with van der Waals surface area (Å²) in [5, 5.41) is 7.94. The van der Waals surface area contributed by atoms with Crippen molar-refractivity contribution in [3.63, 3.8) is 0 Å². The Morgan fingerprint density at radius 3 is 2.46 bits per heavy atom. The highest BCUT2D eigenvalue weighted by molar-refractivity contribution is 6.36. The fourth-order valence-corrected chi connectivity index (χ4v) is 1.39. The maximum atomic E-state index is 7.19. The molecule has 0 spiro atoms. The van der Waals surface area contributed by atoms with Crippen molar-refractivity contribution in [2.24, 2.45) is 5.73 Å². The molecule has 0 aliphatic rings. The maximum absolute atomic E-state index is 7.19. The first-order valence-corrected chi connectivity index (χ1v) is 4.19. The number of hydrogen-bond acceptors (Lipinski definition) is 2. The van der Waals surface area contributed by atoms with Crippen molar-refractivity contribution in [2.75, 3.05) is 7.11 Å². The normalized spacial score (nSPS) is 9.77. The zero-order valence-corrected chi connectivity index (χ0v) is 8.41. The molecular weight excluding hydrogens is 211 g/mol. The fourth-order valence-electron chi connectivity index (χ4n) is 0.891. The van der Waals surface area contributed by atoms with E-state index in [1.165, 1.54) is 19.2 Å². The summed E-state index contributed by atoms with van der Waals surface area (Å²) in [6, 6.07) is 3.03. The molecule has 13 heavy (non-hydrogen) atoms. The van der Waals surface area contributed by atoms with E-state index in [1.807, 2.05) is 0 Å². The van der Waals surface area contributed by atoms with Gasteiger partial charge in [-0.3, -0.25) is 5.41 Å². The number of methoxy groups -OCH3 is 1. The van der Waals surface area contributed by atoms with Gasteiger partial charge in [-0.1, -0.05) is 23.2 Å². The van der Waals surface area contributed by atoms with Crippen LogP contribution in [-0.4, -0.2) is 12.9 Å². The molecule has 0 radical (unpaired) electrons. The Bertz CT molecular complexity index is 352. The van der Waals surface area contributed by atoms with E-state index in [1.54, 1.807) is 0 Å². The van der Waals surface area contributed by atoms with Crippen molar-refractivity contribution in [1.82, 2.24) is 0 Å². The Balaban J connectivity index is 3.28. The first-order chi connectivity index (χ1) is 6.06. The number of benzene rings is 1. The summed E-state index contributed by atoms with van der Waals surface area (Å²) in [5.41, 5.74) is 5.68. The molecule has 0 amide bonds. The SMILES string of the molecule is COc1cc(Cl)c(C(=N)N)cc1Cl. The highest BCUT2D eigenvalue weighted by Crippen LogP contribution is 2.30. The number of amidine groups is 1. The van der Waals surface area contributed by atoms with Crippen molar-refractivity contribution in [3.05, 3.63) is 27.7 Å². The van der Waals surface area contributed by atoms with Gasteiger partial charge < -0.3 is 10.5 Å². The molecule has 0 atom stereocenters. The Hall–Kier alpha value is -0.930. The molecule has 0 fully saturated rings. The maximum Gasteiger partial charge on any atom is 0.138 e. The van der Waals surface area contributed by atoms with Gasteiger partial charge in [0.05, 0.1) is 17.2 Å². The summed E-state index contributed by atoms with van der Waals surface area (Å²) >= 11 is 11.6. The van der Waals surface area contributed by atoms with Crippen LogP contribution < -0.4 is 10.5 Å². The summed E-state index contributed by atoms with van der Waals surface area (Å²) in [5.74, 6) is 0.353. The van der Waals surface area contributed by atoms with Crippen molar-refractivity contribution in [1.29, 1.82) is 5.41 Å². The fraction of sp³-hybridized carbons (Fsp3) is 0.125. The molecule has 0 aromatic heterocycles. The summed E-state index contributed by atoms with van der Waals surface area (Å²) in [7, 11) is 1.49. The number of nitrogens with two attached hydrogens (primary N) is 1. The number of rotatable bonds is 2. The van der Waals surface area contributed by atoms with Gasteiger partial charge in [-0.25, -0.2) is 0 Å². The molecule has 0 aliphatic heterocycles. The Labute approximate surface area is 85.9 Å². The van der Waals surface area contributed by atoms with Crippen LogP contribution in [0, 0.1) is 5.41 Å². The predicted octanol–water partition coefficient (Wildman–Crippen LogP) is 2.29. The van der Waals surface area contributed by atoms with E-state index >= 15 is 0 Å². The molecule has 0 bridgehead atoms. The minimum Gasteiger partial charge on any atom is -0.495 e. The van der Waals surface area contributed by atoms with Gasteiger partial charge in [0.2, 0.25) is 0 Å². The largest absolute Gasteiger partial charge is 0.495 e. The number of nitrogen functional groups attached to an aromatic ring is 1. The molecule has 0 saturated heterocycles. The topological polar surface area (TPSA) is 59.1 Å². The van der Waals surface area contributed by atoms with Crippen LogP contribution in [0.3, 0.4) is 0 Å². The van der Waals surface area contributed by atoms with Crippen LogP contribution in [0.2, 0.25) is 10.0 Å². The third-order valence-corrected chi connectivity index (χ3v) is 2.14. The van der Waals surface area contributed by atoms with Crippen LogP contribution in [0.25, 0.3) is 0 Å². The van der Waals surface area contributed by atoms with Gasteiger partial charge in [0, 0.05) is 11.6 Å². The smallest absolute Gasteiger partial charge is 0.138 e. The molecule has 1 aromatic carbocycles. The van der Waals surface area contributed by atoms with E-state index in [-0.39, 0.29) is 5.84 Å². The lowest BCUT2D eigenvalue weighted by Gasteiger charge is -2.07. The van der Waals surface area contributed by atoms with Gasteiger partial charge >= 0.3 is 0 Å². The Kier molecular flexibility index (Phi) is 3.01. The van der Waals surface area contributed by atoms with Crippen LogP contribution in [-0.2, 0) is 0 Å². The standard InChI is InChI=1S/C8H8Cl2N2O/c1-13-7-3-5(9)4(8(11)12)2-6(7)10/h2-3H,1H3,(H3,11,12). The average molecular weight is 219 g/mol. The van der Waals surface area contributed by atoms with Crippen molar-refractivity contribution in [3.8, 4) is 5.75 Å². The Morgan fingerprint density at radius 2 is 2.00 bits per heavy atom. The molecule has 3 nitrogen and oxygen atoms in total. The first-order valence-electron chi connectivity index (χ1n) is 3.43. The van der Waals surface area contributed by atoms with Gasteiger partial charge in [-0.05, 0) is 6.07 Å². The van der Waals surface area contributed by atoms with Crippen molar-refractivity contribution >= 4 is 29.0 Å².